The molecule has 1 unspecified atom stereocenters. The van der Waals surface area contributed by atoms with Crippen molar-refractivity contribution in [1.82, 2.24) is 0 Å². The molecular formula is C17H21NO2. The summed E-state index contributed by atoms with van der Waals surface area (Å²) in [5, 5.41) is 19.5. The Morgan fingerprint density at radius 2 is 1.75 bits per heavy atom. The topological polar surface area (TPSA) is 66.5 Å². The van der Waals surface area contributed by atoms with Crippen LogP contribution < -0.4 is 5.73 Å². The van der Waals surface area contributed by atoms with E-state index in [4.69, 9.17) is 5.73 Å². The fourth-order valence-electron chi connectivity index (χ4n) is 2.50. The highest BCUT2D eigenvalue weighted by Gasteiger charge is 2.17. The predicted octanol–water partition coefficient (Wildman–Crippen LogP) is 3.49. The van der Waals surface area contributed by atoms with Crippen LogP contribution in [0.3, 0.4) is 0 Å². The van der Waals surface area contributed by atoms with Crippen LogP contribution in [0.25, 0.3) is 0 Å². The Labute approximate surface area is 119 Å². The molecule has 0 saturated heterocycles. The summed E-state index contributed by atoms with van der Waals surface area (Å²) in [6.45, 7) is 2.65. The van der Waals surface area contributed by atoms with Crippen molar-refractivity contribution in [2.75, 3.05) is 0 Å². The molecule has 0 aliphatic rings. The number of aromatic hydroxyl groups is 2. The fraction of sp³-hybridized carbons (Fsp3) is 0.294. The van der Waals surface area contributed by atoms with Gasteiger partial charge in [-0.25, -0.2) is 0 Å². The molecule has 2 aromatic carbocycles. The van der Waals surface area contributed by atoms with Gasteiger partial charge in [0.1, 0.15) is 11.5 Å². The highest BCUT2D eigenvalue weighted by molar-refractivity contribution is 5.45. The first-order valence-electron chi connectivity index (χ1n) is 6.96. The molecule has 2 aromatic rings. The van der Waals surface area contributed by atoms with Crippen molar-refractivity contribution >= 4 is 0 Å². The third-order valence-corrected chi connectivity index (χ3v) is 3.58. The van der Waals surface area contributed by atoms with Gasteiger partial charge in [0.15, 0.2) is 0 Å². The Bertz CT molecular complexity index is 564. The summed E-state index contributed by atoms with van der Waals surface area (Å²) < 4.78 is 0. The lowest BCUT2D eigenvalue weighted by Gasteiger charge is -2.19. The number of hydrogen-bond acceptors (Lipinski definition) is 3. The molecule has 0 aliphatic heterocycles. The van der Waals surface area contributed by atoms with Crippen LogP contribution in [0.15, 0.2) is 42.5 Å². The average molecular weight is 271 g/mol. The Kier molecular flexibility index (Phi) is 4.64. The minimum atomic E-state index is 0.0833. The summed E-state index contributed by atoms with van der Waals surface area (Å²) in [7, 11) is 0. The van der Waals surface area contributed by atoms with E-state index in [1.54, 1.807) is 12.1 Å². The van der Waals surface area contributed by atoms with Crippen LogP contribution in [-0.2, 0) is 6.54 Å². The number of rotatable bonds is 5. The second-order valence-corrected chi connectivity index (χ2v) is 5.03. The minimum Gasteiger partial charge on any atom is -0.508 e. The van der Waals surface area contributed by atoms with Crippen LogP contribution in [0.4, 0.5) is 0 Å². The highest BCUT2D eigenvalue weighted by atomic mass is 16.3. The smallest absolute Gasteiger partial charge is 0.123 e. The number of phenolic OH excluding ortho intramolecular Hbond substituents is 2. The lowest BCUT2D eigenvalue weighted by atomic mass is 9.86. The van der Waals surface area contributed by atoms with Gasteiger partial charge in [-0.3, -0.25) is 0 Å². The summed E-state index contributed by atoms with van der Waals surface area (Å²) in [6.07, 6.45) is 1.96. The standard InChI is InChI=1S/C17H21NO2/c1-2-3-15(13-6-4-12(11-18)5-7-13)16-9-8-14(19)10-17(16)20/h4-10,15,19-20H,2-3,11,18H2,1H3. The van der Waals surface area contributed by atoms with Gasteiger partial charge in [-0.05, 0) is 23.6 Å². The molecule has 2 rings (SSSR count). The van der Waals surface area contributed by atoms with Crippen molar-refractivity contribution in [2.24, 2.45) is 5.73 Å². The van der Waals surface area contributed by atoms with E-state index in [-0.39, 0.29) is 17.4 Å². The molecule has 0 heterocycles. The molecule has 0 amide bonds. The maximum Gasteiger partial charge on any atom is 0.123 e. The molecular weight excluding hydrogens is 250 g/mol. The van der Waals surface area contributed by atoms with Crippen molar-refractivity contribution in [3.05, 3.63) is 59.2 Å². The zero-order chi connectivity index (χ0) is 14.5. The summed E-state index contributed by atoms with van der Waals surface area (Å²) >= 11 is 0. The third kappa shape index (κ3) is 3.11. The van der Waals surface area contributed by atoms with E-state index in [0.717, 1.165) is 29.5 Å². The molecule has 1 atom stereocenters. The lowest BCUT2D eigenvalue weighted by Crippen LogP contribution is -2.02. The van der Waals surface area contributed by atoms with Gasteiger partial charge in [-0.1, -0.05) is 43.7 Å². The summed E-state index contributed by atoms with van der Waals surface area (Å²) in [5.74, 6) is 0.360. The maximum atomic E-state index is 10.1. The summed E-state index contributed by atoms with van der Waals surface area (Å²) in [5.41, 5.74) is 8.72. The first-order chi connectivity index (χ1) is 9.65. The quantitative estimate of drug-likeness (QED) is 0.780. The molecule has 0 radical (unpaired) electrons. The van der Waals surface area contributed by atoms with Crippen molar-refractivity contribution in [3.8, 4) is 11.5 Å². The normalized spacial score (nSPS) is 12.3. The number of phenols is 2. The minimum absolute atomic E-state index is 0.0833. The average Bonchev–Trinajstić information content (AvgIpc) is 2.46. The van der Waals surface area contributed by atoms with Crippen LogP contribution >= 0.6 is 0 Å². The van der Waals surface area contributed by atoms with Gasteiger partial charge >= 0.3 is 0 Å². The van der Waals surface area contributed by atoms with E-state index < -0.39 is 0 Å². The molecule has 0 saturated carbocycles. The van der Waals surface area contributed by atoms with Crippen molar-refractivity contribution < 1.29 is 10.2 Å². The molecule has 0 aromatic heterocycles. The second-order valence-electron chi connectivity index (χ2n) is 5.03. The largest absolute Gasteiger partial charge is 0.508 e. The Morgan fingerprint density at radius 3 is 2.30 bits per heavy atom. The van der Waals surface area contributed by atoms with Gasteiger partial charge in [0.25, 0.3) is 0 Å². The van der Waals surface area contributed by atoms with Gasteiger partial charge in [-0.15, -0.1) is 0 Å². The number of nitrogens with two attached hydrogens (primary N) is 1. The Balaban J connectivity index is 2.38. The van der Waals surface area contributed by atoms with E-state index in [2.05, 4.69) is 19.1 Å². The van der Waals surface area contributed by atoms with Gasteiger partial charge < -0.3 is 15.9 Å². The summed E-state index contributed by atoms with van der Waals surface area (Å²) in [4.78, 5) is 0. The van der Waals surface area contributed by atoms with Gasteiger partial charge in [0.2, 0.25) is 0 Å². The summed E-state index contributed by atoms with van der Waals surface area (Å²) in [6, 6.07) is 13.0. The van der Waals surface area contributed by atoms with Crippen molar-refractivity contribution in [3.63, 3.8) is 0 Å². The number of benzene rings is 2. The van der Waals surface area contributed by atoms with Gasteiger partial charge in [0, 0.05) is 24.1 Å². The lowest BCUT2D eigenvalue weighted by molar-refractivity contribution is 0.442. The molecule has 0 fully saturated rings. The number of hydrogen-bond donors (Lipinski definition) is 3. The molecule has 0 spiro atoms. The molecule has 0 bridgehead atoms. The van der Waals surface area contributed by atoms with Crippen molar-refractivity contribution in [2.45, 2.75) is 32.2 Å². The van der Waals surface area contributed by atoms with E-state index in [0.29, 0.717) is 6.54 Å². The Hall–Kier alpha value is -2.00. The third-order valence-electron chi connectivity index (χ3n) is 3.58. The van der Waals surface area contributed by atoms with Gasteiger partial charge in [-0.2, -0.15) is 0 Å². The SMILES string of the molecule is CCCC(c1ccc(CN)cc1)c1ccc(O)cc1O. The predicted molar refractivity (Wildman–Crippen MR) is 80.9 cm³/mol. The monoisotopic (exact) mass is 271 g/mol. The second kappa shape index (κ2) is 6.44. The van der Waals surface area contributed by atoms with Crippen LogP contribution in [0.1, 0.15) is 42.4 Å². The first-order valence-corrected chi connectivity index (χ1v) is 6.96. The fourth-order valence-corrected chi connectivity index (χ4v) is 2.50. The van der Waals surface area contributed by atoms with Gasteiger partial charge in [0.05, 0.1) is 0 Å². The first kappa shape index (κ1) is 14.4. The molecule has 106 valence electrons. The highest BCUT2D eigenvalue weighted by Crippen LogP contribution is 2.36. The molecule has 0 aliphatic carbocycles. The zero-order valence-corrected chi connectivity index (χ0v) is 11.7. The van der Waals surface area contributed by atoms with Crippen LogP contribution in [0, 0.1) is 0 Å². The van der Waals surface area contributed by atoms with E-state index in [9.17, 15) is 10.2 Å². The van der Waals surface area contributed by atoms with E-state index in [1.165, 1.54) is 6.07 Å². The van der Waals surface area contributed by atoms with E-state index in [1.807, 2.05) is 12.1 Å². The van der Waals surface area contributed by atoms with Crippen LogP contribution in [0.5, 0.6) is 11.5 Å². The molecule has 20 heavy (non-hydrogen) atoms. The molecule has 3 nitrogen and oxygen atoms in total. The zero-order valence-electron chi connectivity index (χ0n) is 11.7. The maximum absolute atomic E-state index is 10.1. The van der Waals surface area contributed by atoms with Crippen LogP contribution in [0.2, 0.25) is 0 Å². The van der Waals surface area contributed by atoms with E-state index >= 15 is 0 Å². The van der Waals surface area contributed by atoms with Crippen LogP contribution in [-0.4, -0.2) is 10.2 Å². The molecule has 4 N–H and O–H groups in total. The molecule has 3 heteroatoms. The Morgan fingerprint density at radius 1 is 1.05 bits per heavy atom. The van der Waals surface area contributed by atoms with Crippen molar-refractivity contribution in [1.29, 1.82) is 0 Å².